The van der Waals surface area contributed by atoms with Crippen LogP contribution in [0.4, 0.5) is 0 Å². The van der Waals surface area contributed by atoms with Gasteiger partial charge in [0.1, 0.15) is 6.61 Å². The molecule has 0 aromatic carbocycles. The van der Waals surface area contributed by atoms with Gasteiger partial charge in [0, 0.05) is 19.4 Å². The fourth-order valence-electron chi connectivity index (χ4n) is 12.5. The van der Waals surface area contributed by atoms with Crippen molar-refractivity contribution in [2.45, 2.75) is 424 Å². The van der Waals surface area contributed by atoms with Crippen molar-refractivity contribution >= 4 is 19.8 Å². The molecule has 0 fully saturated rings. The number of hydrogen-bond acceptors (Lipinski definition) is 8. The quantitative estimate of drug-likeness (QED) is 0.0264. The predicted molar refractivity (Wildman–Crippen MR) is 427 cm³/mol. The number of esters is 2. The average Bonchev–Trinajstić information content (AvgIpc) is 1.57. The molecule has 0 aromatic rings. The third-order valence-electron chi connectivity index (χ3n) is 18.7. The summed E-state index contributed by atoms with van der Waals surface area (Å²) in [5, 5.41) is 0. The van der Waals surface area contributed by atoms with E-state index in [-0.39, 0.29) is 38.6 Å². The third kappa shape index (κ3) is 81.9. The summed E-state index contributed by atoms with van der Waals surface area (Å²) < 4.78 is 33.3. The Kier molecular flexibility index (Phi) is 80.3. The van der Waals surface area contributed by atoms with Crippen LogP contribution in [0.3, 0.4) is 0 Å². The maximum Gasteiger partial charge on any atom is 0.472 e. The standard InChI is InChI=1S/C88H160NO8P/c1-3-5-7-9-11-13-15-17-19-21-23-25-27-29-31-33-35-37-39-41-42-43-45-46-48-50-52-54-56-58-60-62-64-66-68-70-72-74-76-78-80-87(90)94-84-86(85-96-98(92,93)95-83-82-89)97-88(91)81-79-77-75-73-71-69-67-65-63-61-59-57-55-53-51-49-47-44-40-38-36-34-32-30-28-26-24-22-20-18-16-14-12-10-8-6-4-2/h6,8,12,14,18,20,24,26,30,32,36,38,44,47,51,53,86H,3-5,7,9-11,13,15-17,19,21-23,25,27-29,31,33-35,37,39-43,45-46,48-50,52,54-85,89H2,1-2H3,(H,92,93)/b8-6-,14-12-,20-18-,26-24-,32-30-,38-36-,47-44-,53-51-. The summed E-state index contributed by atoms with van der Waals surface area (Å²) in [6.07, 6.45) is 114. The van der Waals surface area contributed by atoms with E-state index >= 15 is 0 Å². The van der Waals surface area contributed by atoms with Gasteiger partial charge in [-0.15, -0.1) is 0 Å². The summed E-state index contributed by atoms with van der Waals surface area (Å²) in [5.41, 5.74) is 5.42. The monoisotopic (exact) mass is 1390 g/mol. The van der Waals surface area contributed by atoms with Crippen molar-refractivity contribution in [3.8, 4) is 0 Å². The van der Waals surface area contributed by atoms with Gasteiger partial charge in [0.25, 0.3) is 0 Å². The zero-order valence-corrected chi connectivity index (χ0v) is 65.4. The van der Waals surface area contributed by atoms with Crippen LogP contribution in [0.2, 0.25) is 0 Å². The summed E-state index contributed by atoms with van der Waals surface area (Å²) in [6, 6.07) is 0. The highest BCUT2D eigenvalue weighted by Crippen LogP contribution is 2.43. The fraction of sp³-hybridized carbons (Fsp3) is 0.795. The first kappa shape index (κ1) is 94.9. The Bertz CT molecular complexity index is 1940. The van der Waals surface area contributed by atoms with Crippen LogP contribution in [-0.4, -0.2) is 49.3 Å². The van der Waals surface area contributed by atoms with E-state index in [4.69, 9.17) is 24.3 Å². The number of nitrogens with two attached hydrogens (primary N) is 1. The SMILES string of the molecule is CC/C=C\C/C=C\C/C=C\C/C=C\C/C=C\C/C=C\C/C=C\C/C=C\CCCCCCCCCCCCCCC(=O)OC(COC(=O)CCCCCCCCCCCCCCCCCCCCCCCCCCCCCCCCCCCCCCCCCC)COP(=O)(O)OCCN. The Morgan fingerprint density at radius 1 is 0.316 bits per heavy atom. The van der Waals surface area contributed by atoms with Gasteiger partial charge in [-0.05, 0) is 77.0 Å². The number of carbonyl (C=O) groups is 2. The third-order valence-corrected chi connectivity index (χ3v) is 19.7. The lowest BCUT2D eigenvalue weighted by atomic mass is 10.0. The average molecular weight is 1390 g/mol. The van der Waals surface area contributed by atoms with Crippen LogP contribution in [0, 0.1) is 0 Å². The first-order valence-electron chi connectivity index (χ1n) is 42.2. The minimum atomic E-state index is -4.40. The lowest BCUT2D eigenvalue weighted by Crippen LogP contribution is -2.29. The smallest absolute Gasteiger partial charge is 0.462 e. The number of allylic oxidation sites excluding steroid dienone is 16. The molecule has 0 aromatic heterocycles. The Morgan fingerprint density at radius 2 is 0.561 bits per heavy atom. The molecule has 9 nitrogen and oxygen atoms in total. The van der Waals surface area contributed by atoms with Gasteiger partial charge in [0.05, 0.1) is 13.2 Å². The van der Waals surface area contributed by atoms with Crippen molar-refractivity contribution in [3.05, 3.63) is 97.2 Å². The molecule has 2 unspecified atom stereocenters. The van der Waals surface area contributed by atoms with Crippen LogP contribution < -0.4 is 5.73 Å². The first-order chi connectivity index (χ1) is 48.3. The highest BCUT2D eigenvalue weighted by atomic mass is 31.2. The molecule has 0 spiro atoms. The molecule has 0 heterocycles. The van der Waals surface area contributed by atoms with Crippen molar-refractivity contribution < 1.29 is 37.6 Å². The molecule has 98 heavy (non-hydrogen) atoms. The largest absolute Gasteiger partial charge is 0.472 e. The number of rotatable bonds is 80. The second kappa shape index (κ2) is 82.9. The fourth-order valence-corrected chi connectivity index (χ4v) is 13.3. The van der Waals surface area contributed by atoms with Gasteiger partial charge in [0.2, 0.25) is 0 Å². The van der Waals surface area contributed by atoms with Gasteiger partial charge in [-0.3, -0.25) is 18.6 Å². The Morgan fingerprint density at radius 3 is 0.837 bits per heavy atom. The van der Waals surface area contributed by atoms with E-state index in [0.29, 0.717) is 6.42 Å². The molecule has 10 heteroatoms. The number of phosphoric acid groups is 1. The van der Waals surface area contributed by atoms with Crippen LogP contribution in [0.25, 0.3) is 0 Å². The molecule has 570 valence electrons. The number of phosphoric ester groups is 1. The van der Waals surface area contributed by atoms with E-state index < -0.39 is 26.5 Å². The van der Waals surface area contributed by atoms with Crippen LogP contribution in [-0.2, 0) is 32.7 Å². The molecule has 0 aliphatic rings. The predicted octanol–water partition coefficient (Wildman–Crippen LogP) is 28.6. The second-order valence-electron chi connectivity index (χ2n) is 28.3. The van der Waals surface area contributed by atoms with E-state index in [9.17, 15) is 19.0 Å². The Balaban J connectivity index is 3.78. The maximum atomic E-state index is 12.8. The van der Waals surface area contributed by atoms with Crippen LogP contribution in [0.1, 0.15) is 418 Å². The molecule has 2 atom stereocenters. The van der Waals surface area contributed by atoms with Gasteiger partial charge in [-0.2, -0.15) is 0 Å². The van der Waals surface area contributed by atoms with E-state index in [1.807, 2.05) is 0 Å². The van der Waals surface area contributed by atoms with Crippen molar-refractivity contribution in [3.63, 3.8) is 0 Å². The first-order valence-corrected chi connectivity index (χ1v) is 43.7. The van der Waals surface area contributed by atoms with Gasteiger partial charge in [0.15, 0.2) is 6.10 Å². The van der Waals surface area contributed by atoms with Crippen LogP contribution >= 0.6 is 7.82 Å². The summed E-state index contributed by atoms with van der Waals surface area (Å²) >= 11 is 0. The second-order valence-corrected chi connectivity index (χ2v) is 29.8. The van der Waals surface area contributed by atoms with Crippen LogP contribution in [0.5, 0.6) is 0 Å². The zero-order valence-electron chi connectivity index (χ0n) is 64.5. The van der Waals surface area contributed by atoms with Crippen molar-refractivity contribution in [2.75, 3.05) is 26.4 Å². The highest BCUT2D eigenvalue weighted by Gasteiger charge is 2.26. The summed E-state index contributed by atoms with van der Waals surface area (Å²) in [4.78, 5) is 35.5. The molecule has 0 saturated heterocycles. The van der Waals surface area contributed by atoms with Crippen molar-refractivity contribution in [1.29, 1.82) is 0 Å². The van der Waals surface area contributed by atoms with Gasteiger partial charge in [-0.1, -0.05) is 426 Å². The highest BCUT2D eigenvalue weighted by molar-refractivity contribution is 7.47. The summed E-state index contributed by atoms with van der Waals surface area (Å²) in [5.74, 6) is -0.814. The normalized spacial score (nSPS) is 13.3. The van der Waals surface area contributed by atoms with E-state index in [2.05, 4.69) is 111 Å². The zero-order chi connectivity index (χ0) is 70.8. The lowest BCUT2D eigenvalue weighted by molar-refractivity contribution is -0.161. The molecule has 0 aliphatic carbocycles. The van der Waals surface area contributed by atoms with Crippen molar-refractivity contribution in [2.24, 2.45) is 5.73 Å². The minimum Gasteiger partial charge on any atom is -0.462 e. The lowest BCUT2D eigenvalue weighted by Gasteiger charge is -2.19. The minimum absolute atomic E-state index is 0.0517. The topological polar surface area (TPSA) is 134 Å². The summed E-state index contributed by atoms with van der Waals surface area (Å²) in [6.45, 7) is 3.69. The van der Waals surface area contributed by atoms with Gasteiger partial charge in [-0.25, -0.2) is 4.57 Å². The molecule has 0 radical (unpaired) electrons. The van der Waals surface area contributed by atoms with E-state index in [1.165, 1.54) is 295 Å². The molecular weight excluding hydrogens is 1230 g/mol. The molecule has 0 rings (SSSR count). The number of hydrogen-bond donors (Lipinski definition) is 2. The number of ether oxygens (including phenoxy) is 2. The molecule has 3 N–H and O–H groups in total. The van der Waals surface area contributed by atoms with Gasteiger partial charge >= 0.3 is 19.8 Å². The molecule has 0 saturated carbocycles. The molecule has 0 bridgehead atoms. The molecule has 0 amide bonds. The van der Waals surface area contributed by atoms with E-state index in [0.717, 1.165) is 89.9 Å². The summed E-state index contributed by atoms with van der Waals surface area (Å²) in [7, 11) is -4.40. The molecule has 0 aliphatic heterocycles. The Hall–Kier alpha value is -3.07. The van der Waals surface area contributed by atoms with Gasteiger partial charge < -0.3 is 20.1 Å². The molecular formula is C88H160NO8P. The van der Waals surface area contributed by atoms with Crippen LogP contribution in [0.15, 0.2) is 97.2 Å². The van der Waals surface area contributed by atoms with E-state index in [1.54, 1.807) is 0 Å². The van der Waals surface area contributed by atoms with Crippen molar-refractivity contribution in [1.82, 2.24) is 0 Å². The Labute approximate surface area is 607 Å². The number of carbonyl (C=O) groups excluding carboxylic acids is 2. The maximum absolute atomic E-state index is 12.8. The number of unbranched alkanes of at least 4 members (excludes halogenated alkanes) is 51.